The lowest BCUT2D eigenvalue weighted by atomic mass is 9.48. The molecule has 3 nitrogen and oxygen atoms in total. The number of aromatic nitrogens is 1. The fraction of sp³-hybridized carbons (Fsp3) is 0.647. The molecule has 1 aromatic heterocycles. The van der Waals surface area contributed by atoms with Crippen molar-refractivity contribution in [3.8, 4) is 0 Å². The van der Waals surface area contributed by atoms with Crippen LogP contribution in [0.25, 0.3) is 0 Å². The number of halogens is 1. The molecule has 2 atom stereocenters. The Morgan fingerprint density at radius 3 is 2.67 bits per heavy atom. The van der Waals surface area contributed by atoms with Gasteiger partial charge in [0.1, 0.15) is 5.82 Å². The zero-order valence-electron chi connectivity index (χ0n) is 12.1. The molecule has 4 saturated carbocycles. The maximum Gasteiger partial charge on any atom is 0.226 e. The number of rotatable bonds is 3. The first kappa shape index (κ1) is 13.7. The summed E-state index contributed by atoms with van der Waals surface area (Å²) in [6.45, 7) is 0. The van der Waals surface area contributed by atoms with Gasteiger partial charge in [-0.25, -0.2) is 4.98 Å². The predicted molar refractivity (Wildman–Crippen MR) is 86.3 cm³/mol. The van der Waals surface area contributed by atoms with E-state index in [2.05, 4.69) is 26.2 Å². The van der Waals surface area contributed by atoms with Crippen LogP contribution >= 0.6 is 15.9 Å². The average Bonchev–Trinajstić information content (AvgIpc) is 2.35. The first-order chi connectivity index (χ1) is 10.0. The lowest BCUT2D eigenvalue weighted by molar-refractivity contribution is -0.123. The molecule has 1 amide bonds. The van der Waals surface area contributed by atoms with E-state index in [-0.39, 0.29) is 11.3 Å². The lowest BCUT2D eigenvalue weighted by Gasteiger charge is -2.60. The minimum absolute atomic E-state index is 0.131. The molecule has 5 rings (SSSR count). The molecule has 0 saturated heterocycles. The molecule has 0 aromatic carbocycles. The van der Waals surface area contributed by atoms with Crippen LogP contribution in [0, 0.1) is 17.3 Å². The zero-order chi connectivity index (χ0) is 14.5. The molecular weight excluding hydrogens is 328 g/mol. The van der Waals surface area contributed by atoms with Crippen LogP contribution in [0.2, 0.25) is 0 Å². The van der Waals surface area contributed by atoms with E-state index in [9.17, 15) is 4.79 Å². The number of amides is 1. The highest BCUT2D eigenvalue weighted by molar-refractivity contribution is 9.10. The van der Waals surface area contributed by atoms with E-state index in [1.165, 1.54) is 38.5 Å². The van der Waals surface area contributed by atoms with Crippen molar-refractivity contribution >= 4 is 27.7 Å². The number of nitrogens with zero attached hydrogens (tertiary/aromatic N) is 1. The monoisotopic (exact) mass is 348 g/mol. The van der Waals surface area contributed by atoms with E-state index in [0.717, 1.165) is 11.8 Å². The maximum absolute atomic E-state index is 12.4. The molecule has 4 aliphatic carbocycles. The van der Waals surface area contributed by atoms with E-state index in [1.54, 1.807) is 6.20 Å². The van der Waals surface area contributed by atoms with Crippen molar-refractivity contribution in [2.45, 2.75) is 49.3 Å². The van der Waals surface area contributed by atoms with Gasteiger partial charge in [0.05, 0.1) is 0 Å². The van der Waals surface area contributed by atoms with Crippen LogP contribution in [0.15, 0.2) is 24.4 Å². The molecule has 0 aliphatic heterocycles. The third kappa shape index (κ3) is 2.63. The van der Waals surface area contributed by atoms with Crippen molar-refractivity contribution in [1.29, 1.82) is 0 Å². The fourth-order valence-corrected chi connectivity index (χ4v) is 7.02. The Balaban J connectivity index is 1.48. The number of carbonyl (C=O) groups excluding carboxylic acids is 1. The standard InChI is InChI=1S/C17H21BrN2O/c18-17-8-12-5-13(9-17)7-16(6-12,11-17)10-15(21)20-14-3-1-2-4-19-14/h1-4,12-13H,5-11H2,(H,19,20,21). The SMILES string of the molecule is O=C(CC12CC3CC(CC(Br)(C3)C1)C2)Nc1ccccn1. The van der Waals surface area contributed by atoms with Gasteiger partial charge in [-0.2, -0.15) is 0 Å². The van der Waals surface area contributed by atoms with Crippen LogP contribution in [-0.4, -0.2) is 15.2 Å². The lowest BCUT2D eigenvalue weighted by Crippen LogP contribution is -2.53. The summed E-state index contributed by atoms with van der Waals surface area (Å²) in [5.74, 6) is 2.45. The van der Waals surface area contributed by atoms with Gasteiger partial charge in [-0.15, -0.1) is 0 Å². The van der Waals surface area contributed by atoms with Gasteiger partial charge in [0.2, 0.25) is 5.91 Å². The third-order valence-corrected chi connectivity index (χ3v) is 6.51. The van der Waals surface area contributed by atoms with E-state index in [0.29, 0.717) is 16.6 Å². The van der Waals surface area contributed by atoms with Crippen LogP contribution in [-0.2, 0) is 4.79 Å². The summed E-state index contributed by atoms with van der Waals surface area (Å²) >= 11 is 4.01. The van der Waals surface area contributed by atoms with E-state index >= 15 is 0 Å². The Morgan fingerprint density at radius 1 is 1.29 bits per heavy atom. The highest BCUT2D eigenvalue weighted by Gasteiger charge is 2.57. The largest absolute Gasteiger partial charge is 0.311 e. The number of nitrogens with one attached hydrogen (secondary N) is 1. The van der Waals surface area contributed by atoms with E-state index < -0.39 is 0 Å². The van der Waals surface area contributed by atoms with Gasteiger partial charge >= 0.3 is 0 Å². The highest BCUT2D eigenvalue weighted by Crippen LogP contribution is 2.65. The summed E-state index contributed by atoms with van der Waals surface area (Å²) < 4.78 is 0.322. The fourth-order valence-electron chi connectivity index (χ4n) is 5.51. The summed E-state index contributed by atoms with van der Waals surface area (Å²) in [6, 6.07) is 5.62. The third-order valence-electron chi connectivity index (χ3n) is 5.58. The molecule has 1 N–H and O–H groups in total. The molecule has 2 unspecified atom stereocenters. The number of carbonyl (C=O) groups is 1. The van der Waals surface area contributed by atoms with Gasteiger partial charge in [0.25, 0.3) is 0 Å². The molecule has 21 heavy (non-hydrogen) atoms. The van der Waals surface area contributed by atoms with Crippen molar-refractivity contribution < 1.29 is 4.79 Å². The van der Waals surface area contributed by atoms with E-state index in [1.807, 2.05) is 18.2 Å². The number of hydrogen-bond donors (Lipinski definition) is 1. The van der Waals surface area contributed by atoms with Gasteiger partial charge in [0.15, 0.2) is 0 Å². The van der Waals surface area contributed by atoms with Crippen molar-refractivity contribution in [2.75, 3.05) is 5.32 Å². The Morgan fingerprint density at radius 2 is 2.05 bits per heavy atom. The van der Waals surface area contributed by atoms with Crippen molar-refractivity contribution in [1.82, 2.24) is 4.98 Å². The van der Waals surface area contributed by atoms with E-state index in [4.69, 9.17) is 0 Å². The zero-order valence-corrected chi connectivity index (χ0v) is 13.7. The Hall–Kier alpha value is -0.900. The number of pyridine rings is 1. The Kier molecular flexibility index (Phi) is 3.14. The van der Waals surface area contributed by atoms with Crippen molar-refractivity contribution in [2.24, 2.45) is 17.3 Å². The number of alkyl halides is 1. The van der Waals surface area contributed by atoms with Crippen LogP contribution in [0.5, 0.6) is 0 Å². The summed E-state index contributed by atoms with van der Waals surface area (Å²) in [5, 5.41) is 2.96. The van der Waals surface area contributed by atoms with Gasteiger partial charge in [-0.1, -0.05) is 22.0 Å². The molecule has 0 spiro atoms. The minimum atomic E-state index is 0.131. The molecular formula is C17H21BrN2O. The van der Waals surface area contributed by atoms with Crippen LogP contribution < -0.4 is 5.32 Å². The molecule has 1 heterocycles. The van der Waals surface area contributed by atoms with Crippen molar-refractivity contribution in [3.63, 3.8) is 0 Å². The molecule has 4 aliphatic rings. The predicted octanol–water partition coefficient (Wildman–Crippen LogP) is 4.14. The van der Waals surface area contributed by atoms with Crippen LogP contribution in [0.1, 0.15) is 44.9 Å². The smallest absolute Gasteiger partial charge is 0.226 e. The molecule has 4 fully saturated rings. The first-order valence-electron chi connectivity index (χ1n) is 7.94. The quantitative estimate of drug-likeness (QED) is 0.834. The summed E-state index contributed by atoms with van der Waals surface area (Å²) in [7, 11) is 0. The summed E-state index contributed by atoms with van der Waals surface area (Å²) in [6.07, 6.45) is 10.0. The van der Waals surface area contributed by atoms with Crippen LogP contribution in [0.4, 0.5) is 5.82 Å². The normalized spacial score (nSPS) is 40.2. The molecule has 1 aromatic rings. The highest BCUT2D eigenvalue weighted by atomic mass is 79.9. The van der Waals surface area contributed by atoms with Gasteiger partial charge < -0.3 is 5.32 Å². The molecule has 112 valence electrons. The second-order valence-corrected chi connectivity index (χ2v) is 9.23. The van der Waals surface area contributed by atoms with Gasteiger partial charge in [-0.3, -0.25) is 4.79 Å². The second kappa shape index (κ2) is 4.80. The molecule has 4 heteroatoms. The van der Waals surface area contributed by atoms with Gasteiger partial charge in [0, 0.05) is 16.9 Å². The maximum atomic E-state index is 12.4. The Bertz CT molecular complexity index is 545. The topological polar surface area (TPSA) is 42.0 Å². The van der Waals surface area contributed by atoms with Gasteiger partial charge in [-0.05, 0) is 67.9 Å². The summed E-state index contributed by atoms with van der Waals surface area (Å²) in [4.78, 5) is 16.6. The summed E-state index contributed by atoms with van der Waals surface area (Å²) in [5.41, 5.74) is 0.229. The van der Waals surface area contributed by atoms with Crippen molar-refractivity contribution in [3.05, 3.63) is 24.4 Å². The number of hydrogen-bond acceptors (Lipinski definition) is 2. The number of anilines is 1. The average molecular weight is 349 g/mol. The molecule has 4 bridgehead atoms. The van der Waals surface area contributed by atoms with Crippen LogP contribution in [0.3, 0.4) is 0 Å². The molecule has 0 radical (unpaired) electrons. The minimum Gasteiger partial charge on any atom is -0.311 e. The second-order valence-electron chi connectivity index (χ2n) is 7.55. The first-order valence-corrected chi connectivity index (χ1v) is 8.73. The Labute approximate surface area is 134 Å².